The van der Waals surface area contributed by atoms with E-state index in [1.807, 2.05) is 0 Å². The van der Waals surface area contributed by atoms with Crippen LogP contribution in [0.5, 0.6) is 0 Å². The third-order valence-corrected chi connectivity index (χ3v) is 7.28. The Morgan fingerprint density at radius 3 is 2.43 bits per heavy atom. The number of carbonyl (C=O) groups is 1. The summed E-state index contributed by atoms with van der Waals surface area (Å²) in [7, 11) is -3.52. The highest BCUT2D eigenvalue weighted by molar-refractivity contribution is 7.95. The number of carbonyl (C=O) groups excluding carboxylic acids is 1. The Hall–Kier alpha value is -1.77. The summed E-state index contributed by atoms with van der Waals surface area (Å²) < 4.78 is 32.8. The van der Waals surface area contributed by atoms with Crippen molar-refractivity contribution in [2.45, 2.75) is 4.90 Å². The van der Waals surface area contributed by atoms with Crippen molar-refractivity contribution in [1.82, 2.24) is 9.21 Å². The number of rotatable bonds is 3. The highest BCUT2D eigenvalue weighted by Gasteiger charge is 2.53. The quantitative estimate of drug-likeness (QED) is 0.715. The van der Waals surface area contributed by atoms with E-state index >= 15 is 0 Å². The van der Waals surface area contributed by atoms with E-state index in [-0.39, 0.29) is 16.2 Å². The van der Waals surface area contributed by atoms with Crippen molar-refractivity contribution >= 4 is 27.9 Å². The number of nitrogens with zero attached hydrogens (tertiary/aromatic N) is 2. The van der Waals surface area contributed by atoms with Crippen LogP contribution >= 0.6 is 11.6 Å². The van der Waals surface area contributed by atoms with Gasteiger partial charge in [-0.05, 0) is 36.4 Å². The molecule has 0 aliphatic carbocycles. The first-order valence-electron chi connectivity index (χ1n) is 9.08. The van der Waals surface area contributed by atoms with Gasteiger partial charge in [0.15, 0.2) is 15.3 Å². The summed E-state index contributed by atoms with van der Waals surface area (Å²) in [6.07, 6.45) is 0. The molecule has 0 radical (unpaired) electrons. The maximum Gasteiger partial charge on any atom is 0.253 e. The molecule has 1 unspecified atom stereocenters. The number of ether oxygens (including phenoxy) is 1. The standard InChI is InChI=1S/C20H21ClN2O4S/c21-17-8-6-16(7-9-17)19(24)22-10-11-27-15-20(12-22)13-23(14-20)28(25,26)18-4-2-1-3-5-18/h1-9H,10-15H2. The molecule has 2 aliphatic heterocycles. The molecule has 2 aliphatic rings. The fraction of sp³-hybridized carbons (Fsp3) is 0.350. The van der Waals surface area contributed by atoms with E-state index in [9.17, 15) is 13.6 Å². The van der Waals surface area contributed by atoms with Crippen LogP contribution in [0.3, 0.4) is 0 Å². The van der Waals surface area contributed by atoms with Crippen LogP contribution in [0, 0.1) is 5.41 Å². The SMILES string of the molecule is O=C(c1ccc(Cl)cc1)N1CCOCC2(C1)CN([S+](=O)([O-])c1ccccc1)C2. The molecule has 0 aromatic heterocycles. The lowest BCUT2D eigenvalue weighted by molar-refractivity contribution is -0.0187. The predicted molar refractivity (Wildman–Crippen MR) is 106 cm³/mol. The zero-order valence-corrected chi connectivity index (χ0v) is 16.8. The molecule has 0 saturated carbocycles. The van der Waals surface area contributed by atoms with Gasteiger partial charge in [-0.2, -0.15) is 0 Å². The maximum atomic E-state index is 12.9. The normalized spacial score (nSPS) is 21.6. The van der Waals surface area contributed by atoms with Crippen molar-refractivity contribution < 1.29 is 18.3 Å². The molecule has 0 N–H and O–H groups in total. The van der Waals surface area contributed by atoms with E-state index in [1.165, 1.54) is 4.31 Å². The van der Waals surface area contributed by atoms with Crippen LogP contribution < -0.4 is 0 Å². The Kier molecular flexibility index (Phi) is 5.28. The van der Waals surface area contributed by atoms with E-state index in [0.29, 0.717) is 50.0 Å². The van der Waals surface area contributed by atoms with E-state index in [1.54, 1.807) is 59.5 Å². The first-order chi connectivity index (χ1) is 13.4. The summed E-state index contributed by atoms with van der Waals surface area (Å²) in [4.78, 5) is 14.9. The number of hydrogen-bond acceptors (Lipinski definition) is 4. The van der Waals surface area contributed by atoms with Crippen LogP contribution in [0.15, 0.2) is 59.5 Å². The van der Waals surface area contributed by atoms with Crippen LogP contribution in [0.2, 0.25) is 5.02 Å². The third-order valence-electron chi connectivity index (χ3n) is 5.22. The summed E-state index contributed by atoms with van der Waals surface area (Å²) in [5.74, 6) is -0.0918. The van der Waals surface area contributed by atoms with Gasteiger partial charge in [-0.3, -0.25) is 4.79 Å². The topological polar surface area (TPSA) is 72.9 Å². The second-order valence-corrected chi connectivity index (χ2v) is 9.75. The van der Waals surface area contributed by atoms with E-state index in [4.69, 9.17) is 16.3 Å². The summed E-state index contributed by atoms with van der Waals surface area (Å²) in [5.41, 5.74) is 0.190. The Bertz CT molecular complexity index is 900. The number of benzene rings is 2. The van der Waals surface area contributed by atoms with Crippen molar-refractivity contribution in [3.63, 3.8) is 0 Å². The third kappa shape index (κ3) is 3.73. The molecule has 2 aromatic rings. The Morgan fingerprint density at radius 1 is 1.07 bits per heavy atom. The summed E-state index contributed by atoms with van der Waals surface area (Å²) in [6.45, 7) is 2.51. The molecular formula is C20H21ClN2O4S. The molecule has 6 nitrogen and oxygen atoms in total. The molecule has 4 rings (SSSR count). The van der Waals surface area contributed by atoms with Gasteiger partial charge in [0.2, 0.25) is 0 Å². The molecule has 2 fully saturated rings. The lowest BCUT2D eigenvalue weighted by Crippen LogP contribution is -2.65. The lowest BCUT2D eigenvalue weighted by atomic mass is 9.82. The van der Waals surface area contributed by atoms with E-state index < -0.39 is 10.4 Å². The van der Waals surface area contributed by atoms with E-state index in [0.717, 1.165) is 0 Å². The smallest absolute Gasteiger partial charge is 0.253 e. The first-order valence-corrected chi connectivity index (χ1v) is 10.9. The number of halogens is 1. The molecule has 0 bridgehead atoms. The van der Waals surface area contributed by atoms with Crippen LogP contribution in [0.25, 0.3) is 0 Å². The Labute approximate surface area is 170 Å². The molecule has 1 spiro atoms. The van der Waals surface area contributed by atoms with Gasteiger partial charge in [-0.1, -0.05) is 34.0 Å². The fourth-order valence-corrected chi connectivity index (χ4v) is 5.56. The van der Waals surface area contributed by atoms with Crippen molar-refractivity contribution in [2.24, 2.45) is 5.41 Å². The van der Waals surface area contributed by atoms with Crippen molar-refractivity contribution in [3.8, 4) is 0 Å². The Morgan fingerprint density at radius 2 is 1.75 bits per heavy atom. The van der Waals surface area contributed by atoms with Crippen LogP contribution in [0.4, 0.5) is 0 Å². The second-order valence-electron chi connectivity index (χ2n) is 7.37. The highest BCUT2D eigenvalue weighted by Crippen LogP contribution is 2.39. The minimum Gasteiger partial charge on any atom is -0.593 e. The zero-order chi connectivity index (χ0) is 19.8. The molecule has 1 amide bonds. The molecule has 1 atom stereocenters. The van der Waals surface area contributed by atoms with Gasteiger partial charge in [-0.25, -0.2) is 0 Å². The van der Waals surface area contributed by atoms with Gasteiger partial charge < -0.3 is 14.2 Å². The van der Waals surface area contributed by atoms with Gasteiger partial charge in [0.25, 0.3) is 5.91 Å². The van der Waals surface area contributed by atoms with Crippen molar-refractivity contribution in [1.29, 1.82) is 0 Å². The number of amides is 1. The maximum absolute atomic E-state index is 12.9. The predicted octanol–water partition coefficient (Wildman–Crippen LogP) is 2.72. The van der Waals surface area contributed by atoms with Crippen molar-refractivity contribution in [3.05, 3.63) is 65.2 Å². The van der Waals surface area contributed by atoms with Crippen LogP contribution in [-0.2, 0) is 19.3 Å². The Balaban J connectivity index is 1.48. The number of sulfonamides is 1. The van der Waals surface area contributed by atoms with Gasteiger partial charge in [0, 0.05) is 29.1 Å². The molecular weight excluding hydrogens is 400 g/mol. The molecule has 2 saturated heterocycles. The minimum absolute atomic E-state index is 0.0918. The van der Waals surface area contributed by atoms with Crippen LogP contribution in [0.1, 0.15) is 10.4 Å². The molecule has 8 heteroatoms. The summed E-state index contributed by atoms with van der Waals surface area (Å²) >= 11 is 5.91. The van der Waals surface area contributed by atoms with E-state index in [2.05, 4.69) is 0 Å². The zero-order valence-electron chi connectivity index (χ0n) is 15.3. The molecule has 2 heterocycles. The monoisotopic (exact) mass is 420 g/mol. The average Bonchev–Trinajstić information content (AvgIpc) is 2.91. The van der Waals surface area contributed by atoms with Gasteiger partial charge >= 0.3 is 0 Å². The highest BCUT2D eigenvalue weighted by atomic mass is 35.5. The summed E-state index contributed by atoms with van der Waals surface area (Å²) in [5, 5.41) is 0.577. The second kappa shape index (κ2) is 7.57. The van der Waals surface area contributed by atoms with Crippen LogP contribution in [-0.4, -0.2) is 59.1 Å². The fourth-order valence-electron chi connectivity index (χ4n) is 3.75. The van der Waals surface area contributed by atoms with Gasteiger partial charge in [-0.15, -0.1) is 4.31 Å². The van der Waals surface area contributed by atoms with Gasteiger partial charge in [0.05, 0.1) is 26.3 Å². The molecule has 2 aromatic carbocycles. The first kappa shape index (κ1) is 19.5. The minimum atomic E-state index is -3.52. The largest absolute Gasteiger partial charge is 0.593 e. The van der Waals surface area contributed by atoms with Crippen molar-refractivity contribution in [2.75, 3.05) is 39.4 Å². The number of hydrogen-bond donors (Lipinski definition) is 0. The molecule has 148 valence electrons. The average molecular weight is 421 g/mol. The molecule has 28 heavy (non-hydrogen) atoms. The lowest BCUT2D eigenvalue weighted by Gasteiger charge is -2.49. The summed E-state index contributed by atoms with van der Waals surface area (Å²) in [6, 6.07) is 15.2. The van der Waals surface area contributed by atoms with Gasteiger partial charge in [0.1, 0.15) is 0 Å².